The first-order valence-electron chi connectivity index (χ1n) is 6.48. The number of nitrogens with zero attached hydrogens (tertiary/aromatic N) is 1. The SMILES string of the molecule is COc1cc(OC)c(C(=O)/C(=C/N(C)C)C(C)=O)cc1C. The number of ether oxygens (including phenoxy) is 2. The average molecular weight is 291 g/mol. The highest BCUT2D eigenvalue weighted by Gasteiger charge is 2.22. The lowest BCUT2D eigenvalue weighted by molar-refractivity contribution is -0.113. The molecule has 0 spiro atoms. The smallest absolute Gasteiger partial charge is 0.201 e. The van der Waals surface area contributed by atoms with E-state index < -0.39 is 0 Å². The Balaban J connectivity index is 3.41. The van der Waals surface area contributed by atoms with Crippen LogP contribution in [0, 0.1) is 6.92 Å². The second kappa shape index (κ2) is 6.92. The van der Waals surface area contributed by atoms with Gasteiger partial charge >= 0.3 is 0 Å². The highest BCUT2D eigenvalue weighted by molar-refractivity contribution is 6.26. The topological polar surface area (TPSA) is 55.8 Å². The molecule has 0 bridgehead atoms. The van der Waals surface area contributed by atoms with Crippen LogP contribution in [0.4, 0.5) is 0 Å². The van der Waals surface area contributed by atoms with E-state index in [-0.39, 0.29) is 17.1 Å². The molecule has 0 atom stereocenters. The van der Waals surface area contributed by atoms with E-state index in [4.69, 9.17) is 9.47 Å². The van der Waals surface area contributed by atoms with Crippen LogP contribution in [0.1, 0.15) is 22.8 Å². The largest absolute Gasteiger partial charge is 0.496 e. The van der Waals surface area contributed by atoms with E-state index in [9.17, 15) is 9.59 Å². The normalized spacial score (nSPS) is 11.0. The first-order valence-corrected chi connectivity index (χ1v) is 6.48. The Labute approximate surface area is 125 Å². The maximum Gasteiger partial charge on any atom is 0.201 e. The van der Waals surface area contributed by atoms with Gasteiger partial charge in [0.05, 0.1) is 25.4 Å². The molecule has 0 aliphatic carbocycles. The summed E-state index contributed by atoms with van der Waals surface area (Å²) in [7, 11) is 6.54. The van der Waals surface area contributed by atoms with Gasteiger partial charge < -0.3 is 14.4 Å². The molecule has 0 radical (unpaired) electrons. The standard InChI is InChI=1S/C16H21NO4/c1-10-7-12(15(21-6)8-14(10)20-5)16(19)13(11(2)18)9-17(3)4/h7-9H,1-6H3/b13-9+. The zero-order valence-electron chi connectivity index (χ0n) is 13.3. The maximum absolute atomic E-state index is 12.6. The number of allylic oxidation sites excluding steroid dienone is 1. The van der Waals surface area contributed by atoms with Crippen molar-refractivity contribution in [2.45, 2.75) is 13.8 Å². The van der Waals surface area contributed by atoms with Crippen LogP contribution in [0.2, 0.25) is 0 Å². The first kappa shape index (κ1) is 16.8. The van der Waals surface area contributed by atoms with Crippen LogP contribution >= 0.6 is 0 Å². The van der Waals surface area contributed by atoms with Crippen molar-refractivity contribution in [1.29, 1.82) is 0 Å². The molecule has 1 aromatic rings. The molecule has 0 N–H and O–H groups in total. The van der Waals surface area contributed by atoms with Crippen molar-refractivity contribution in [3.63, 3.8) is 0 Å². The highest BCUT2D eigenvalue weighted by Crippen LogP contribution is 2.30. The van der Waals surface area contributed by atoms with E-state index in [0.717, 1.165) is 5.56 Å². The van der Waals surface area contributed by atoms with Crippen LogP contribution < -0.4 is 9.47 Å². The second-order valence-electron chi connectivity index (χ2n) is 4.91. The van der Waals surface area contributed by atoms with Crippen molar-refractivity contribution in [2.24, 2.45) is 0 Å². The molecule has 0 saturated heterocycles. The van der Waals surface area contributed by atoms with Crippen LogP contribution in [-0.2, 0) is 4.79 Å². The lowest BCUT2D eigenvalue weighted by Crippen LogP contribution is -2.16. The zero-order valence-corrected chi connectivity index (χ0v) is 13.3. The number of aryl methyl sites for hydroxylation is 1. The molecule has 1 aromatic carbocycles. The number of Topliss-reactive ketones (excluding diaryl/α,β-unsaturated/α-hetero) is 2. The van der Waals surface area contributed by atoms with Crippen molar-refractivity contribution < 1.29 is 19.1 Å². The summed E-state index contributed by atoms with van der Waals surface area (Å²) < 4.78 is 10.5. The molecule has 0 saturated carbocycles. The van der Waals surface area contributed by atoms with Crippen LogP contribution in [0.15, 0.2) is 23.9 Å². The molecule has 1 rings (SSSR count). The third-order valence-corrected chi connectivity index (χ3v) is 2.97. The summed E-state index contributed by atoms with van der Waals surface area (Å²) in [4.78, 5) is 26.0. The van der Waals surface area contributed by atoms with Crippen LogP contribution in [-0.4, -0.2) is 44.8 Å². The number of hydrogen-bond donors (Lipinski definition) is 0. The van der Waals surface area contributed by atoms with E-state index in [0.29, 0.717) is 17.1 Å². The fourth-order valence-electron chi connectivity index (χ4n) is 1.95. The Morgan fingerprint density at radius 2 is 1.67 bits per heavy atom. The molecule has 0 aliphatic heterocycles. The van der Waals surface area contributed by atoms with Gasteiger partial charge in [-0.15, -0.1) is 0 Å². The van der Waals surface area contributed by atoms with E-state index >= 15 is 0 Å². The number of methoxy groups -OCH3 is 2. The fraction of sp³-hybridized carbons (Fsp3) is 0.375. The third-order valence-electron chi connectivity index (χ3n) is 2.97. The maximum atomic E-state index is 12.6. The molecule has 5 nitrogen and oxygen atoms in total. The number of benzene rings is 1. The monoisotopic (exact) mass is 291 g/mol. The predicted molar refractivity (Wildman–Crippen MR) is 81.1 cm³/mol. The Hall–Kier alpha value is -2.30. The zero-order chi connectivity index (χ0) is 16.2. The average Bonchev–Trinajstić information content (AvgIpc) is 2.43. The van der Waals surface area contributed by atoms with Crippen molar-refractivity contribution >= 4 is 11.6 Å². The molecule has 0 fully saturated rings. The summed E-state index contributed by atoms with van der Waals surface area (Å²) in [6.45, 7) is 3.20. The molecule has 114 valence electrons. The molecule has 0 aromatic heterocycles. The number of carbonyl (C=O) groups is 2. The van der Waals surface area contributed by atoms with Gasteiger partial charge in [-0.3, -0.25) is 9.59 Å². The van der Waals surface area contributed by atoms with Gasteiger partial charge in [-0.2, -0.15) is 0 Å². The number of carbonyl (C=O) groups excluding carboxylic acids is 2. The predicted octanol–water partition coefficient (Wildman–Crippen LogP) is 2.23. The molecule has 0 aliphatic rings. The van der Waals surface area contributed by atoms with Gasteiger partial charge in [-0.25, -0.2) is 0 Å². The summed E-state index contributed by atoms with van der Waals surface area (Å²) in [6.07, 6.45) is 1.52. The third kappa shape index (κ3) is 3.84. The molecule has 21 heavy (non-hydrogen) atoms. The van der Waals surface area contributed by atoms with Crippen molar-refractivity contribution in [2.75, 3.05) is 28.3 Å². The van der Waals surface area contributed by atoms with Gasteiger partial charge in [0, 0.05) is 26.4 Å². The Bertz CT molecular complexity index is 588. The summed E-state index contributed by atoms with van der Waals surface area (Å²) in [5.74, 6) is 0.362. The molecule has 0 amide bonds. The van der Waals surface area contributed by atoms with Crippen molar-refractivity contribution in [1.82, 2.24) is 4.90 Å². The second-order valence-corrected chi connectivity index (χ2v) is 4.91. The van der Waals surface area contributed by atoms with Gasteiger partial charge in [-0.1, -0.05) is 0 Å². The number of hydrogen-bond acceptors (Lipinski definition) is 5. The van der Waals surface area contributed by atoms with Gasteiger partial charge in [0.25, 0.3) is 0 Å². The fourth-order valence-corrected chi connectivity index (χ4v) is 1.95. The summed E-state index contributed by atoms with van der Waals surface area (Å²) in [5, 5.41) is 0. The summed E-state index contributed by atoms with van der Waals surface area (Å²) in [5.41, 5.74) is 1.26. The first-order chi connectivity index (χ1) is 9.81. The quantitative estimate of drug-likeness (QED) is 0.348. The van der Waals surface area contributed by atoms with Gasteiger partial charge in [0.2, 0.25) is 5.78 Å². The van der Waals surface area contributed by atoms with Crippen molar-refractivity contribution in [3.05, 3.63) is 35.0 Å². The van der Waals surface area contributed by atoms with E-state index in [1.807, 2.05) is 6.92 Å². The summed E-state index contributed by atoms with van der Waals surface area (Å²) in [6, 6.07) is 3.32. The number of ketones is 2. The minimum Gasteiger partial charge on any atom is -0.496 e. The van der Waals surface area contributed by atoms with Crippen molar-refractivity contribution in [3.8, 4) is 11.5 Å². The molecular formula is C16H21NO4. The lowest BCUT2D eigenvalue weighted by atomic mass is 9.98. The van der Waals surface area contributed by atoms with Crippen LogP contribution in [0.25, 0.3) is 0 Å². The van der Waals surface area contributed by atoms with Crippen LogP contribution in [0.3, 0.4) is 0 Å². The Morgan fingerprint density at radius 1 is 1.10 bits per heavy atom. The highest BCUT2D eigenvalue weighted by atomic mass is 16.5. The minimum atomic E-state index is -0.362. The lowest BCUT2D eigenvalue weighted by Gasteiger charge is -2.14. The molecule has 0 heterocycles. The number of rotatable bonds is 6. The van der Waals surface area contributed by atoms with Gasteiger partial charge in [0.1, 0.15) is 11.5 Å². The summed E-state index contributed by atoms with van der Waals surface area (Å²) >= 11 is 0. The van der Waals surface area contributed by atoms with Gasteiger partial charge in [-0.05, 0) is 25.5 Å². The van der Waals surface area contributed by atoms with E-state index in [1.165, 1.54) is 20.2 Å². The molecule has 5 heteroatoms. The molecular weight excluding hydrogens is 270 g/mol. The Morgan fingerprint density at radius 3 is 2.10 bits per heavy atom. The minimum absolute atomic E-state index is 0.114. The van der Waals surface area contributed by atoms with Crippen LogP contribution in [0.5, 0.6) is 11.5 Å². The van der Waals surface area contributed by atoms with E-state index in [2.05, 4.69) is 0 Å². The van der Waals surface area contributed by atoms with E-state index in [1.54, 1.807) is 38.2 Å². The Kier molecular flexibility index (Phi) is 5.52. The molecule has 0 unspecified atom stereocenters. The van der Waals surface area contributed by atoms with Gasteiger partial charge in [0.15, 0.2) is 5.78 Å².